The second-order valence-electron chi connectivity index (χ2n) is 6.94. The van der Waals surface area contributed by atoms with E-state index in [1.165, 1.54) is 49.6 Å². The Bertz CT molecular complexity index is 1630. The van der Waals surface area contributed by atoms with Gasteiger partial charge in [-0.3, -0.25) is 5.41 Å². The Morgan fingerprint density at radius 3 is 2.03 bits per heavy atom. The number of imidazole rings is 2. The van der Waals surface area contributed by atoms with E-state index in [4.69, 9.17) is 45.2 Å². The highest BCUT2D eigenvalue weighted by Crippen LogP contribution is 2.30. The standard InChI is InChI=1S/C7H5ClN2O3S.C7H7ClN2O.C6H6N4O2S/c8-4-2-1-3-5-6(4)7(9)10-14(11,12)13-5;8-4-2-1-3-5(11)6(4)7(9)10;11-13(12,9-3-1-7-5-9)10-4-2-8-6-10/h1-3H,(H2,9,10);1-3,11H,(H3,9,10);1-6H. The number of hydrogen-bond acceptors (Lipinski definition) is 10. The fourth-order valence-electron chi connectivity index (χ4n) is 2.78. The highest BCUT2D eigenvalue weighted by molar-refractivity contribution is 7.88. The molecule has 0 atom stereocenters. The number of nitrogens with one attached hydrogen (secondary N) is 1. The fourth-order valence-corrected chi connectivity index (χ4v) is 5.03. The molecule has 6 N–H and O–H groups in total. The van der Waals surface area contributed by atoms with Crippen LogP contribution in [0.15, 0.2) is 78.2 Å². The lowest BCUT2D eigenvalue weighted by molar-refractivity contribution is 0.474. The summed E-state index contributed by atoms with van der Waals surface area (Å²) in [5.74, 6) is -0.347. The zero-order valence-electron chi connectivity index (χ0n) is 18.9. The van der Waals surface area contributed by atoms with Crippen LogP contribution in [0, 0.1) is 5.41 Å². The molecule has 2 aromatic heterocycles. The molecule has 0 saturated heterocycles. The van der Waals surface area contributed by atoms with Crippen LogP contribution in [0.25, 0.3) is 0 Å². The smallest absolute Gasteiger partial charge is 0.430 e. The number of aromatic nitrogens is 4. The van der Waals surface area contributed by atoms with Crippen molar-refractivity contribution >= 4 is 55.4 Å². The molecule has 3 heterocycles. The van der Waals surface area contributed by atoms with E-state index in [2.05, 4.69) is 18.5 Å². The van der Waals surface area contributed by atoms with E-state index in [0.29, 0.717) is 10.6 Å². The molecule has 0 amide bonds. The summed E-state index contributed by atoms with van der Waals surface area (Å²) in [6, 6.07) is 9.18. The molecule has 0 radical (unpaired) electrons. The largest absolute Gasteiger partial charge is 0.507 e. The van der Waals surface area contributed by atoms with Crippen LogP contribution in [0.2, 0.25) is 10.0 Å². The Hall–Kier alpha value is -4.12. The Kier molecular flexibility index (Phi) is 8.62. The molecule has 38 heavy (non-hydrogen) atoms. The molecular formula is C20H18Cl2N8O6S2. The summed E-state index contributed by atoms with van der Waals surface area (Å²) in [6.45, 7) is 0. The minimum Gasteiger partial charge on any atom is -0.507 e. The van der Waals surface area contributed by atoms with Gasteiger partial charge >= 0.3 is 20.5 Å². The second-order valence-corrected chi connectivity index (χ2v) is 10.7. The first-order valence-corrected chi connectivity index (χ1v) is 13.5. The number of nitrogens with zero attached hydrogens (tertiary/aromatic N) is 5. The molecule has 0 fully saturated rings. The quantitative estimate of drug-likeness (QED) is 0.197. The van der Waals surface area contributed by atoms with Crippen molar-refractivity contribution in [3.05, 3.63) is 95.0 Å². The van der Waals surface area contributed by atoms with Gasteiger partial charge in [0.1, 0.15) is 24.2 Å². The van der Waals surface area contributed by atoms with Crippen molar-refractivity contribution in [2.75, 3.05) is 0 Å². The van der Waals surface area contributed by atoms with Crippen LogP contribution in [0.4, 0.5) is 0 Å². The van der Waals surface area contributed by atoms with Gasteiger partial charge in [-0.15, -0.1) is 4.40 Å². The zero-order chi connectivity index (χ0) is 28.1. The van der Waals surface area contributed by atoms with Crippen LogP contribution in [-0.2, 0) is 20.5 Å². The molecule has 0 unspecified atom stereocenters. The van der Waals surface area contributed by atoms with Crippen LogP contribution < -0.4 is 15.7 Å². The molecule has 5 rings (SSSR count). The Labute approximate surface area is 226 Å². The van der Waals surface area contributed by atoms with Gasteiger partial charge in [0.15, 0.2) is 11.6 Å². The highest BCUT2D eigenvalue weighted by atomic mass is 35.5. The van der Waals surface area contributed by atoms with E-state index < -0.39 is 20.5 Å². The summed E-state index contributed by atoms with van der Waals surface area (Å²) in [7, 11) is -7.50. The van der Waals surface area contributed by atoms with Crippen molar-refractivity contribution < 1.29 is 26.1 Å². The molecule has 0 spiro atoms. The summed E-state index contributed by atoms with van der Waals surface area (Å²) < 4.78 is 55.0. The van der Waals surface area contributed by atoms with Crippen LogP contribution in [0.5, 0.6) is 11.5 Å². The molecule has 18 heteroatoms. The normalized spacial score (nSPS) is 13.4. The molecule has 4 aromatic rings. The highest BCUT2D eigenvalue weighted by Gasteiger charge is 2.25. The summed E-state index contributed by atoms with van der Waals surface area (Å²) in [5, 5.41) is 16.8. The van der Waals surface area contributed by atoms with Crippen molar-refractivity contribution in [3.8, 4) is 11.5 Å². The number of amidine groups is 2. The van der Waals surface area contributed by atoms with Crippen LogP contribution >= 0.6 is 23.2 Å². The maximum atomic E-state index is 11.6. The molecule has 1 aliphatic heterocycles. The van der Waals surface area contributed by atoms with E-state index in [9.17, 15) is 16.8 Å². The van der Waals surface area contributed by atoms with E-state index in [-0.39, 0.29) is 33.8 Å². The molecule has 0 bridgehead atoms. The summed E-state index contributed by atoms with van der Waals surface area (Å²) in [6.07, 6.45) is 7.94. The van der Waals surface area contributed by atoms with Crippen molar-refractivity contribution in [2.24, 2.45) is 15.9 Å². The molecule has 200 valence electrons. The molecular weight excluding hydrogens is 583 g/mol. The number of phenolic OH excluding ortho intramolecular Hbond substituents is 1. The van der Waals surface area contributed by atoms with E-state index in [1.807, 2.05) is 0 Å². The lowest BCUT2D eigenvalue weighted by Crippen LogP contribution is -2.24. The first-order valence-electron chi connectivity index (χ1n) is 9.96. The topological polar surface area (TPSA) is 222 Å². The molecule has 0 aliphatic carbocycles. The van der Waals surface area contributed by atoms with E-state index in [1.54, 1.807) is 24.3 Å². The minimum absolute atomic E-state index is 0.0648. The van der Waals surface area contributed by atoms with Crippen LogP contribution in [-0.4, -0.2) is 51.5 Å². The zero-order valence-corrected chi connectivity index (χ0v) is 22.0. The van der Waals surface area contributed by atoms with E-state index in [0.717, 1.165) is 7.94 Å². The van der Waals surface area contributed by atoms with Gasteiger partial charge in [-0.2, -0.15) is 16.8 Å². The van der Waals surface area contributed by atoms with Gasteiger partial charge < -0.3 is 20.8 Å². The van der Waals surface area contributed by atoms with Crippen molar-refractivity contribution in [2.45, 2.75) is 0 Å². The van der Waals surface area contributed by atoms with Gasteiger partial charge in [0.05, 0.1) is 21.2 Å². The number of hydrogen-bond donors (Lipinski definition) is 4. The predicted octanol–water partition coefficient (Wildman–Crippen LogP) is 1.73. The van der Waals surface area contributed by atoms with Gasteiger partial charge in [0.2, 0.25) is 0 Å². The number of halogens is 2. The lowest BCUT2D eigenvalue weighted by atomic mass is 10.2. The molecule has 1 aliphatic rings. The third-order valence-corrected chi connectivity index (χ3v) is 7.33. The molecule has 14 nitrogen and oxygen atoms in total. The Morgan fingerprint density at radius 2 is 1.55 bits per heavy atom. The first kappa shape index (κ1) is 28.5. The third kappa shape index (κ3) is 6.60. The Morgan fingerprint density at radius 1 is 1.00 bits per heavy atom. The average Bonchev–Trinajstić information content (AvgIpc) is 3.54. The van der Waals surface area contributed by atoms with Crippen molar-refractivity contribution in [1.29, 1.82) is 5.41 Å². The Balaban J connectivity index is 0.000000159. The number of rotatable bonds is 3. The number of aromatic hydroxyl groups is 1. The summed E-state index contributed by atoms with van der Waals surface area (Å²) >= 11 is 11.4. The number of fused-ring (bicyclic) bond motifs is 1. The SMILES string of the molecule is N=C(N)c1c(O)cccc1Cl.NC1=NS(=O)(=O)Oc2cccc(Cl)c21.O=S(=O)(n1ccnc1)n1ccnc1. The molecule has 2 aromatic carbocycles. The third-order valence-electron chi connectivity index (χ3n) is 4.39. The number of nitrogen functional groups attached to an aromatic ring is 1. The van der Waals surface area contributed by atoms with Gasteiger partial charge in [-0.25, -0.2) is 17.9 Å². The first-order chi connectivity index (χ1) is 17.8. The number of nitrogens with two attached hydrogens (primary N) is 2. The van der Waals surface area contributed by atoms with Gasteiger partial charge in [0, 0.05) is 24.8 Å². The maximum absolute atomic E-state index is 11.6. The average molecular weight is 601 g/mol. The molecule has 0 saturated carbocycles. The van der Waals surface area contributed by atoms with Crippen molar-refractivity contribution in [3.63, 3.8) is 0 Å². The summed E-state index contributed by atoms with van der Waals surface area (Å²) in [4.78, 5) is 7.30. The monoisotopic (exact) mass is 600 g/mol. The van der Waals surface area contributed by atoms with Crippen molar-refractivity contribution in [1.82, 2.24) is 17.9 Å². The fraction of sp³-hybridized carbons (Fsp3) is 0. The van der Waals surface area contributed by atoms with Gasteiger partial charge in [-0.1, -0.05) is 35.3 Å². The van der Waals surface area contributed by atoms with Crippen LogP contribution in [0.1, 0.15) is 11.1 Å². The maximum Gasteiger partial charge on any atom is 0.430 e. The summed E-state index contributed by atoms with van der Waals surface area (Å²) in [5.41, 5.74) is 11.1. The number of phenols is 1. The van der Waals surface area contributed by atoms with Gasteiger partial charge in [-0.05, 0) is 24.3 Å². The van der Waals surface area contributed by atoms with Crippen LogP contribution in [0.3, 0.4) is 0 Å². The number of benzene rings is 2. The minimum atomic E-state index is -3.96. The van der Waals surface area contributed by atoms with Gasteiger partial charge in [0.25, 0.3) is 0 Å². The predicted molar refractivity (Wildman–Crippen MR) is 140 cm³/mol. The van der Waals surface area contributed by atoms with E-state index >= 15 is 0 Å². The second kappa shape index (κ2) is 11.5. The lowest BCUT2D eigenvalue weighted by Gasteiger charge is -2.14.